The van der Waals surface area contributed by atoms with Crippen molar-refractivity contribution >= 4 is 5.97 Å². The van der Waals surface area contributed by atoms with Crippen LogP contribution in [0.2, 0.25) is 0 Å². The Balaban J connectivity index is 2.07. The van der Waals surface area contributed by atoms with Gasteiger partial charge in [-0.3, -0.25) is 15.1 Å². The molecule has 1 aliphatic heterocycles. The van der Waals surface area contributed by atoms with Gasteiger partial charge in [0, 0.05) is 5.70 Å². The fourth-order valence-corrected chi connectivity index (χ4v) is 2.41. The maximum absolute atomic E-state index is 11.6. The van der Waals surface area contributed by atoms with Crippen molar-refractivity contribution in [2.24, 2.45) is 11.8 Å². The molecule has 1 fully saturated rings. The Kier molecular flexibility index (Phi) is 3.19. The van der Waals surface area contributed by atoms with E-state index in [1.807, 2.05) is 6.92 Å². The number of allylic oxidation sites excluding steroid dienone is 1. The van der Waals surface area contributed by atoms with Crippen molar-refractivity contribution in [3.8, 4) is 0 Å². The van der Waals surface area contributed by atoms with E-state index >= 15 is 0 Å². The fourth-order valence-electron chi connectivity index (χ4n) is 2.41. The van der Waals surface area contributed by atoms with E-state index in [-0.39, 0.29) is 18.0 Å². The van der Waals surface area contributed by atoms with Gasteiger partial charge in [0.2, 0.25) is 0 Å². The number of rotatable bonds is 3. The van der Waals surface area contributed by atoms with Crippen LogP contribution in [-0.2, 0) is 14.4 Å². The van der Waals surface area contributed by atoms with Gasteiger partial charge in [-0.25, -0.2) is 0 Å². The molecule has 0 aromatic heterocycles. The van der Waals surface area contributed by atoms with E-state index in [0.717, 1.165) is 18.5 Å². The number of carbonyl (C=O) groups excluding carboxylic acids is 1. The lowest BCUT2D eigenvalue weighted by molar-refractivity contribution is -0.148. The van der Waals surface area contributed by atoms with Crippen LogP contribution in [0.4, 0.5) is 0 Å². The number of fused-ring (bicyclic) bond motifs is 1. The third kappa shape index (κ3) is 1.94. The summed E-state index contributed by atoms with van der Waals surface area (Å²) in [5.41, 5.74) is 5.38. The van der Waals surface area contributed by atoms with Crippen LogP contribution >= 0.6 is 0 Å². The van der Waals surface area contributed by atoms with Crippen molar-refractivity contribution in [3.63, 3.8) is 0 Å². The van der Waals surface area contributed by atoms with Crippen molar-refractivity contribution in [1.29, 1.82) is 0 Å². The van der Waals surface area contributed by atoms with E-state index in [2.05, 4.69) is 19.3 Å². The van der Waals surface area contributed by atoms with E-state index in [1.165, 1.54) is 5.57 Å². The molecule has 0 bridgehead atoms. The molecule has 0 saturated heterocycles. The van der Waals surface area contributed by atoms with Gasteiger partial charge < -0.3 is 4.74 Å². The van der Waals surface area contributed by atoms with Gasteiger partial charge in [0.1, 0.15) is 6.10 Å². The molecule has 4 nitrogen and oxygen atoms in total. The lowest BCUT2D eigenvalue weighted by Gasteiger charge is -2.12. The minimum atomic E-state index is -0.0869. The molecule has 0 spiro atoms. The van der Waals surface area contributed by atoms with Crippen LogP contribution in [0.1, 0.15) is 33.6 Å². The summed E-state index contributed by atoms with van der Waals surface area (Å²) in [4.78, 5) is 17.1. The zero-order valence-corrected chi connectivity index (χ0v) is 10.1. The van der Waals surface area contributed by atoms with E-state index in [1.54, 1.807) is 0 Å². The third-order valence-electron chi connectivity index (χ3n) is 3.21. The largest absolute Gasteiger partial charge is 0.466 e. The Bertz CT molecular complexity index is 322. The number of esters is 1. The molecule has 0 amide bonds. The molecule has 1 saturated carbocycles. The average molecular weight is 225 g/mol. The number of hydroxylamine groups is 1. The van der Waals surface area contributed by atoms with Crippen molar-refractivity contribution in [3.05, 3.63) is 11.3 Å². The molecule has 4 heteroatoms. The summed E-state index contributed by atoms with van der Waals surface area (Å²) in [6, 6.07) is 0. The van der Waals surface area contributed by atoms with Crippen LogP contribution < -0.4 is 5.48 Å². The van der Waals surface area contributed by atoms with Crippen LogP contribution in [0.5, 0.6) is 0 Å². The van der Waals surface area contributed by atoms with Crippen molar-refractivity contribution in [1.82, 2.24) is 5.48 Å². The van der Waals surface area contributed by atoms with Crippen molar-refractivity contribution < 1.29 is 14.4 Å². The molecule has 1 heterocycles. The molecule has 0 aromatic rings. The van der Waals surface area contributed by atoms with Crippen molar-refractivity contribution in [2.75, 3.05) is 6.61 Å². The number of nitrogens with one attached hydrogen (secondary N) is 1. The standard InChI is InChI=1S/C12H19NO3/c1-4-15-12(14)8-5-9-10(6-8)16-13-11(9)7(2)3/h7-8,10,13H,4-6H2,1-3H3. The van der Waals surface area contributed by atoms with E-state index in [9.17, 15) is 4.79 Å². The molecule has 1 aliphatic carbocycles. The Morgan fingerprint density at radius 2 is 2.38 bits per heavy atom. The average Bonchev–Trinajstić information content (AvgIpc) is 2.74. The first kappa shape index (κ1) is 11.5. The zero-order valence-electron chi connectivity index (χ0n) is 10.1. The summed E-state index contributed by atoms with van der Waals surface area (Å²) in [5.74, 6) is 0.313. The van der Waals surface area contributed by atoms with Crippen LogP contribution in [-0.4, -0.2) is 18.7 Å². The molecular formula is C12H19NO3. The highest BCUT2D eigenvalue weighted by Crippen LogP contribution is 2.39. The number of carbonyl (C=O) groups is 1. The van der Waals surface area contributed by atoms with Crippen LogP contribution in [0, 0.1) is 11.8 Å². The van der Waals surface area contributed by atoms with Gasteiger partial charge in [-0.1, -0.05) is 13.8 Å². The molecule has 0 radical (unpaired) electrons. The molecular weight excluding hydrogens is 206 g/mol. The molecule has 2 unspecified atom stereocenters. The number of hydrogen-bond donors (Lipinski definition) is 1. The minimum Gasteiger partial charge on any atom is -0.466 e. The van der Waals surface area contributed by atoms with Gasteiger partial charge in [0.05, 0.1) is 12.5 Å². The van der Waals surface area contributed by atoms with E-state index in [0.29, 0.717) is 12.5 Å². The Labute approximate surface area is 95.9 Å². The maximum atomic E-state index is 11.6. The van der Waals surface area contributed by atoms with E-state index < -0.39 is 0 Å². The second-order valence-electron chi connectivity index (χ2n) is 4.69. The van der Waals surface area contributed by atoms with Gasteiger partial charge >= 0.3 is 5.97 Å². The second-order valence-corrected chi connectivity index (χ2v) is 4.69. The van der Waals surface area contributed by atoms with Crippen molar-refractivity contribution in [2.45, 2.75) is 39.7 Å². The molecule has 2 aliphatic rings. The first-order valence-electron chi connectivity index (χ1n) is 5.94. The molecule has 0 aromatic carbocycles. The van der Waals surface area contributed by atoms with Crippen LogP contribution in [0.15, 0.2) is 11.3 Å². The highest BCUT2D eigenvalue weighted by molar-refractivity contribution is 5.74. The second kappa shape index (κ2) is 4.45. The zero-order chi connectivity index (χ0) is 11.7. The van der Waals surface area contributed by atoms with Crippen LogP contribution in [0.25, 0.3) is 0 Å². The molecule has 16 heavy (non-hydrogen) atoms. The lowest BCUT2D eigenvalue weighted by Crippen LogP contribution is -2.20. The number of ether oxygens (including phenoxy) is 1. The molecule has 90 valence electrons. The normalized spacial score (nSPS) is 28.2. The number of hydrogen-bond acceptors (Lipinski definition) is 4. The molecule has 2 rings (SSSR count). The lowest BCUT2D eigenvalue weighted by atomic mass is 10.0. The van der Waals surface area contributed by atoms with Gasteiger partial charge in [-0.2, -0.15) is 0 Å². The quantitative estimate of drug-likeness (QED) is 0.744. The van der Waals surface area contributed by atoms with Gasteiger partial charge in [-0.05, 0) is 31.3 Å². The smallest absolute Gasteiger partial charge is 0.309 e. The van der Waals surface area contributed by atoms with Gasteiger partial charge in [0.25, 0.3) is 0 Å². The summed E-state index contributed by atoms with van der Waals surface area (Å²) in [5, 5.41) is 0. The fraction of sp³-hybridized carbons (Fsp3) is 0.750. The monoisotopic (exact) mass is 225 g/mol. The van der Waals surface area contributed by atoms with E-state index in [4.69, 9.17) is 9.57 Å². The first-order valence-corrected chi connectivity index (χ1v) is 5.94. The highest BCUT2D eigenvalue weighted by atomic mass is 16.7. The highest BCUT2D eigenvalue weighted by Gasteiger charge is 2.41. The Morgan fingerprint density at radius 1 is 1.62 bits per heavy atom. The molecule has 1 N–H and O–H groups in total. The van der Waals surface area contributed by atoms with Gasteiger partial charge in [-0.15, -0.1) is 0 Å². The first-order chi connectivity index (χ1) is 7.63. The predicted octanol–water partition coefficient (Wildman–Crippen LogP) is 1.77. The summed E-state index contributed by atoms with van der Waals surface area (Å²) in [6.45, 7) is 6.54. The summed E-state index contributed by atoms with van der Waals surface area (Å²) in [6.07, 6.45) is 1.60. The third-order valence-corrected chi connectivity index (χ3v) is 3.21. The SMILES string of the molecule is CCOC(=O)C1CC2=C(C(C)C)NOC2C1. The Morgan fingerprint density at radius 3 is 3.00 bits per heavy atom. The summed E-state index contributed by atoms with van der Waals surface area (Å²) < 4.78 is 5.05. The summed E-state index contributed by atoms with van der Waals surface area (Å²) >= 11 is 0. The van der Waals surface area contributed by atoms with Gasteiger partial charge in [0.15, 0.2) is 0 Å². The topological polar surface area (TPSA) is 47.6 Å². The Hall–Kier alpha value is -1.03. The maximum Gasteiger partial charge on any atom is 0.309 e. The minimum absolute atomic E-state index is 0.0178. The van der Waals surface area contributed by atoms with Crippen LogP contribution in [0.3, 0.4) is 0 Å². The molecule has 2 atom stereocenters. The predicted molar refractivity (Wildman–Crippen MR) is 59.2 cm³/mol. The summed E-state index contributed by atoms with van der Waals surface area (Å²) in [7, 11) is 0.